The van der Waals surface area contributed by atoms with E-state index in [4.69, 9.17) is 5.11 Å². The molecule has 2 fully saturated rings. The van der Waals surface area contributed by atoms with Crippen molar-refractivity contribution in [1.29, 1.82) is 0 Å². The van der Waals surface area contributed by atoms with Crippen LogP contribution in [0.4, 0.5) is 4.79 Å². The van der Waals surface area contributed by atoms with Crippen LogP contribution in [0.2, 0.25) is 0 Å². The van der Waals surface area contributed by atoms with Gasteiger partial charge < -0.3 is 19.7 Å². The summed E-state index contributed by atoms with van der Waals surface area (Å²) in [6, 6.07) is 4.01. The first-order chi connectivity index (χ1) is 14.3. The van der Waals surface area contributed by atoms with E-state index in [0.29, 0.717) is 13.1 Å². The van der Waals surface area contributed by atoms with E-state index >= 15 is 0 Å². The molecule has 3 aromatic rings. The summed E-state index contributed by atoms with van der Waals surface area (Å²) in [5.41, 5.74) is 0.299. The van der Waals surface area contributed by atoms with Crippen LogP contribution in [0.3, 0.4) is 0 Å². The number of carbonyl (C=O) groups excluding carboxylic acids is 1. The normalized spacial score (nSPS) is 22.9. The summed E-state index contributed by atoms with van der Waals surface area (Å²) in [6.07, 6.45) is 4.66. The zero-order chi connectivity index (χ0) is 21.0. The fourth-order valence-electron chi connectivity index (χ4n) is 4.42. The smallest absolute Gasteiger partial charge is 0.407 e. The Kier molecular flexibility index (Phi) is 4.51. The van der Waals surface area contributed by atoms with Gasteiger partial charge in [0.1, 0.15) is 5.82 Å². The van der Waals surface area contributed by atoms with Gasteiger partial charge in [0.05, 0.1) is 17.3 Å². The first-order valence-electron chi connectivity index (χ1n) is 9.69. The van der Waals surface area contributed by atoms with Gasteiger partial charge in [-0.05, 0) is 37.8 Å². The number of carboxylic acid groups (broad SMARTS) is 1. The first-order valence-corrected chi connectivity index (χ1v) is 11.4. The molecule has 156 valence electrons. The number of thiazole rings is 1. The van der Waals surface area contributed by atoms with Crippen LogP contribution in [0.5, 0.6) is 0 Å². The van der Waals surface area contributed by atoms with Crippen LogP contribution in [-0.2, 0) is 10.3 Å². The molecule has 0 spiro atoms. The number of amides is 2. The number of hydrogen-bond donors (Lipinski definition) is 2. The Balaban J connectivity index is 1.34. The van der Waals surface area contributed by atoms with Crippen molar-refractivity contribution in [3.05, 3.63) is 41.9 Å². The van der Waals surface area contributed by atoms with Crippen molar-refractivity contribution in [2.24, 2.45) is 17.8 Å². The van der Waals surface area contributed by atoms with E-state index in [1.54, 1.807) is 29.3 Å². The second kappa shape index (κ2) is 6.98. The van der Waals surface area contributed by atoms with E-state index in [0.717, 1.165) is 20.6 Å². The Labute approximate surface area is 181 Å². The number of nitrogens with one attached hydrogen (secondary N) is 1. The molecule has 2 N–H and O–H groups in total. The minimum Gasteiger partial charge on any atom is -0.465 e. The summed E-state index contributed by atoms with van der Waals surface area (Å²) in [6.45, 7) is 4.79. The monoisotopic (exact) mass is 443 g/mol. The topological polar surface area (TPSA) is 99.8 Å². The first kappa shape index (κ1) is 19.4. The van der Waals surface area contributed by atoms with Crippen LogP contribution in [0.25, 0.3) is 5.52 Å². The van der Waals surface area contributed by atoms with Gasteiger partial charge >= 0.3 is 6.09 Å². The summed E-state index contributed by atoms with van der Waals surface area (Å²) in [4.78, 5) is 35.4. The molecule has 0 radical (unpaired) electrons. The van der Waals surface area contributed by atoms with Gasteiger partial charge in [-0.3, -0.25) is 4.79 Å². The molecular weight excluding hydrogens is 422 g/mol. The van der Waals surface area contributed by atoms with Crippen molar-refractivity contribution in [1.82, 2.24) is 24.6 Å². The van der Waals surface area contributed by atoms with E-state index in [-0.39, 0.29) is 23.7 Å². The van der Waals surface area contributed by atoms with Gasteiger partial charge in [0.15, 0.2) is 4.34 Å². The van der Waals surface area contributed by atoms with Crippen molar-refractivity contribution < 1.29 is 14.7 Å². The average Bonchev–Trinajstić information content (AvgIpc) is 3.18. The number of likely N-dealkylation sites (tertiary alicyclic amines) is 1. The van der Waals surface area contributed by atoms with Crippen molar-refractivity contribution in [2.45, 2.75) is 28.6 Å². The maximum atomic E-state index is 12.9. The molecule has 0 bridgehead atoms. The second-order valence-electron chi connectivity index (χ2n) is 8.26. The average molecular weight is 444 g/mol. The van der Waals surface area contributed by atoms with Gasteiger partial charge in [0.25, 0.3) is 0 Å². The van der Waals surface area contributed by atoms with Gasteiger partial charge in [-0.2, -0.15) is 0 Å². The molecule has 0 unspecified atom stereocenters. The number of aromatic nitrogens is 3. The van der Waals surface area contributed by atoms with Gasteiger partial charge in [-0.25, -0.2) is 14.8 Å². The van der Waals surface area contributed by atoms with E-state index in [9.17, 15) is 9.59 Å². The third kappa shape index (κ3) is 3.24. The van der Waals surface area contributed by atoms with E-state index in [2.05, 4.69) is 15.3 Å². The Bertz CT molecular complexity index is 1110. The van der Waals surface area contributed by atoms with Gasteiger partial charge in [0.2, 0.25) is 5.91 Å². The number of carbonyl (C=O) groups is 2. The number of fused-ring (bicyclic) bond motifs is 2. The minimum absolute atomic E-state index is 0.0231. The summed E-state index contributed by atoms with van der Waals surface area (Å²) in [7, 11) is 0. The largest absolute Gasteiger partial charge is 0.465 e. The number of piperidine rings is 1. The van der Waals surface area contributed by atoms with Gasteiger partial charge in [-0.15, -0.1) is 11.3 Å². The molecule has 0 aromatic carbocycles. The maximum Gasteiger partial charge on any atom is 0.407 e. The summed E-state index contributed by atoms with van der Waals surface area (Å²) in [5, 5.41) is 14.2. The molecule has 2 amide bonds. The summed E-state index contributed by atoms with van der Waals surface area (Å²) in [5.74, 6) is 0.892. The SMILES string of the molecule is CC(C)(NC(=O)[C@@H]1[C@@H]2CN(C(=O)O)C[C@@H]21)c1ncc2c(Sc3nccs3)cccn12. The predicted octanol–water partition coefficient (Wildman–Crippen LogP) is 3.15. The third-order valence-corrected chi connectivity index (χ3v) is 7.85. The lowest BCUT2D eigenvalue weighted by Gasteiger charge is -2.26. The van der Waals surface area contributed by atoms with Crippen molar-refractivity contribution in [3.8, 4) is 0 Å². The lowest BCUT2D eigenvalue weighted by molar-refractivity contribution is -0.125. The highest BCUT2D eigenvalue weighted by Gasteiger charge is 2.60. The van der Waals surface area contributed by atoms with Crippen LogP contribution >= 0.6 is 23.1 Å². The molecule has 3 atom stereocenters. The second-order valence-corrected chi connectivity index (χ2v) is 10.4. The van der Waals surface area contributed by atoms with E-state index in [1.165, 1.54) is 4.90 Å². The van der Waals surface area contributed by atoms with Crippen molar-refractivity contribution >= 4 is 40.6 Å². The Morgan fingerprint density at radius 2 is 2.07 bits per heavy atom. The molecule has 10 heteroatoms. The molecule has 1 aliphatic carbocycles. The predicted molar refractivity (Wildman–Crippen MR) is 113 cm³/mol. The van der Waals surface area contributed by atoms with E-state index < -0.39 is 11.6 Å². The van der Waals surface area contributed by atoms with Gasteiger partial charge in [0, 0.05) is 41.7 Å². The molecule has 2 aliphatic rings. The molecule has 30 heavy (non-hydrogen) atoms. The number of hydrogen-bond acceptors (Lipinski definition) is 6. The highest BCUT2D eigenvalue weighted by Crippen LogP contribution is 2.52. The highest BCUT2D eigenvalue weighted by atomic mass is 32.2. The molecule has 1 saturated heterocycles. The van der Waals surface area contributed by atoms with Gasteiger partial charge in [-0.1, -0.05) is 11.8 Å². The van der Waals surface area contributed by atoms with Crippen LogP contribution < -0.4 is 5.32 Å². The zero-order valence-corrected chi connectivity index (χ0v) is 18.1. The Morgan fingerprint density at radius 3 is 2.73 bits per heavy atom. The Hall–Kier alpha value is -2.59. The molecule has 1 saturated carbocycles. The zero-order valence-electron chi connectivity index (χ0n) is 16.5. The fourth-order valence-corrected chi connectivity index (χ4v) is 6.11. The summed E-state index contributed by atoms with van der Waals surface area (Å²) >= 11 is 3.19. The highest BCUT2D eigenvalue weighted by molar-refractivity contribution is 8.01. The molecular formula is C20H21N5O3S2. The molecule has 3 aromatic heterocycles. The molecule has 8 nitrogen and oxygen atoms in total. The third-order valence-electron chi connectivity index (χ3n) is 5.90. The van der Waals surface area contributed by atoms with Crippen LogP contribution in [0, 0.1) is 17.8 Å². The quantitative estimate of drug-likeness (QED) is 0.628. The van der Waals surface area contributed by atoms with Crippen LogP contribution in [0.15, 0.2) is 45.3 Å². The number of imidazole rings is 1. The lowest BCUT2D eigenvalue weighted by Crippen LogP contribution is -2.44. The number of rotatable bonds is 5. The standard InChI is InChI=1S/C20H21N5O3S2/c1-20(2,23-16(26)15-11-9-24(19(27)28)10-12(11)15)17-22-8-13-14(4-3-6-25(13)17)30-18-21-5-7-29-18/h3-8,11-12,15H,9-10H2,1-2H3,(H,23,26)(H,27,28)/t11-,12+,15-. The van der Waals surface area contributed by atoms with Crippen LogP contribution in [-0.4, -0.2) is 49.5 Å². The van der Waals surface area contributed by atoms with Crippen LogP contribution in [0.1, 0.15) is 19.7 Å². The number of pyridine rings is 1. The fraction of sp³-hybridized carbons (Fsp3) is 0.400. The molecule has 1 aliphatic heterocycles. The summed E-state index contributed by atoms with van der Waals surface area (Å²) < 4.78 is 2.98. The lowest BCUT2D eigenvalue weighted by atomic mass is 10.0. The maximum absolute atomic E-state index is 12.9. The number of nitrogens with zero attached hydrogens (tertiary/aromatic N) is 4. The van der Waals surface area contributed by atoms with Crippen molar-refractivity contribution in [3.63, 3.8) is 0 Å². The van der Waals surface area contributed by atoms with E-state index in [1.807, 2.05) is 48.2 Å². The van der Waals surface area contributed by atoms with Crippen molar-refractivity contribution in [2.75, 3.05) is 13.1 Å². The Morgan fingerprint density at radius 1 is 1.30 bits per heavy atom. The molecule has 4 heterocycles. The minimum atomic E-state index is -0.906. The molecule has 5 rings (SSSR count).